The third-order valence-electron chi connectivity index (χ3n) is 3.31. The zero-order valence-corrected chi connectivity index (χ0v) is 13.8. The molecular weight excluding hydrogens is 286 g/mol. The molecular formula is C15H23N3O4. The first-order valence-corrected chi connectivity index (χ1v) is 6.99. The number of H-pyrrole nitrogens is 1. The summed E-state index contributed by atoms with van der Waals surface area (Å²) < 4.78 is 0. The molecule has 0 saturated carbocycles. The number of carboxylic acid groups (broad SMARTS) is 1. The number of aromatic amines is 1. The lowest BCUT2D eigenvalue weighted by molar-refractivity contribution is -0.146. The summed E-state index contributed by atoms with van der Waals surface area (Å²) in [6, 6.07) is 0. The summed E-state index contributed by atoms with van der Waals surface area (Å²) >= 11 is 0. The van der Waals surface area contributed by atoms with Crippen LogP contribution in [0.4, 0.5) is 0 Å². The van der Waals surface area contributed by atoms with Crippen molar-refractivity contribution in [1.82, 2.24) is 15.3 Å². The molecule has 122 valence electrons. The normalized spacial score (nSPS) is 12.1. The maximum absolute atomic E-state index is 12.2. The quantitative estimate of drug-likeness (QED) is 0.774. The molecule has 0 spiro atoms. The van der Waals surface area contributed by atoms with E-state index in [4.69, 9.17) is 5.11 Å². The second-order valence-electron chi connectivity index (χ2n) is 7.00. The van der Waals surface area contributed by atoms with E-state index in [2.05, 4.69) is 15.3 Å². The van der Waals surface area contributed by atoms with Gasteiger partial charge in [0.15, 0.2) is 0 Å². The van der Waals surface area contributed by atoms with Crippen LogP contribution in [-0.4, -0.2) is 33.5 Å². The summed E-state index contributed by atoms with van der Waals surface area (Å²) in [5, 5.41) is 11.5. The van der Waals surface area contributed by atoms with E-state index < -0.39 is 22.9 Å². The van der Waals surface area contributed by atoms with Crippen LogP contribution in [0.3, 0.4) is 0 Å². The van der Waals surface area contributed by atoms with Crippen molar-refractivity contribution < 1.29 is 14.7 Å². The smallest absolute Gasteiger partial charge is 0.310 e. The number of aliphatic carboxylic acids is 1. The van der Waals surface area contributed by atoms with E-state index in [0.29, 0.717) is 11.5 Å². The lowest BCUT2D eigenvalue weighted by Gasteiger charge is -2.20. The largest absolute Gasteiger partial charge is 0.481 e. The first-order valence-electron chi connectivity index (χ1n) is 6.99. The topological polar surface area (TPSA) is 112 Å². The number of aryl methyl sites for hydroxylation is 1. The molecule has 0 bridgehead atoms. The molecule has 22 heavy (non-hydrogen) atoms. The highest BCUT2D eigenvalue weighted by Crippen LogP contribution is 2.17. The van der Waals surface area contributed by atoms with Gasteiger partial charge in [-0.2, -0.15) is 0 Å². The van der Waals surface area contributed by atoms with Gasteiger partial charge in [-0.3, -0.25) is 14.4 Å². The van der Waals surface area contributed by atoms with E-state index in [1.54, 1.807) is 6.92 Å². The number of hydrogen-bond donors (Lipinski definition) is 3. The van der Waals surface area contributed by atoms with Crippen LogP contribution in [0.15, 0.2) is 4.79 Å². The van der Waals surface area contributed by atoms with Crippen LogP contribution in [0, 0.1) is 12.3 Å². The lowest BCUT2D eigenvalue weighted by Crippen LogP contribution is -2.41. The molecule has 0 aliphatic heterocycles. The van der Waals surface area contributed by atoms with E-state index in [9.17, 15) is 14.4 Å². The van der Waals surface area contributed by atoms with Gasteiger partial charge in [-0.15, -0.1) is 0 Å². The number of nitrogens with zero attached hydrogens (tertiary/aromatic N) is 1. The number of carbonyl (C=O) groups excluding carboxylic acids is 1. The summed E-state index contributed by atoms with van der Waals surface area (Å²) in [7, 11) is 0. The van der Waals surface area contributed by atoms with Gasteiger partial charge in [-0.25, -0.2) is 4.98 Å². The van der Waals surface area contributed by atoms with Crippen LogP contribution in [-0.2, 0) is 10.2 Å². The lowest BCUT2D eigenvalue weighted by atomic mass is 9.93. The van der Waals surface area contributed by atoms with Gasteiger partial charge in [0, 0.05) is 12.0 Å². The zero-order valence-electron chi connectivity index (χ0n) is 13.8. The highest BCUT2D eigenvalue weighted by molar-refractivity contribution is 5.95. The van der Waals surface area contributed by atoms with Crippen molar-refractivity contribution >= 4 is 11.9 Å². The minimum absolute atomic E-state index is 0.0823. The third-order valence-corrected chi connectivity index (χ3v) is 3.31. The first kappa shape index (κ1) is 17.9. The Morgan fingerprint density at radius 3 is 2.18 bits per heavy atom. The number of carboxylic acids is 1. The van der Waals surface area contributed by atoms with Gasteiger partial charge in [-0.05, 0) is 20.8 Å². The van der Waals surface area contributed by atoms with Crippen molar-refractivity contribution in [1.29, 1.82) is 0 Å². The van der Waals surface area contributed by atoms with Gasteiger partial charge in [0.25, 0.3) is 11.5 Å². The van der Waals surface area contributed by atoms with Gasteiger partial charge >= 0.3 is 5.97 Å². The molecule has 0 aromatic carbocycles. The second-order valence-corrected chi connectivity index (χ2v) is 7.00. The number of amides is 1. The molecule has 0 aliphatic carbocycles. The molecule has 0 radical (unpaired) electrons. The molecule has 0 unspecified atom stereocenters. The Bertz CT molecular complexity index is 654. The third kappa shape index (κ3) is 3.93. The summed E-state index contributed by atoms with van der Waals surface area (Å²) in [5.41, 5.74) is -1.75. The number of rotatable bonds is 4. The Labute approximate surface area is 129 Å². The summed E-state index contributed by atoms with van der Waals surface area (Å²) in [5.74, 6) is -1.15. The number of hydrogen-bond acceptors (Lipinski definition) is 4. The minimum atomic E-state index is -1.12. The Kier molecular flexibility index (Phi) is 4.79. The number of aromatic nitrogens is 2. The molecule has 7 heteroatoms. The minimum Gasteiger partial charge on any atom is -0.481 e. The molecule has 0 aliphatic rings. The van der Waals surface area contributed by atoms with Crippen LogP contribution in [0.2, 0.25) is 0 Å². The van der Waals surface area contributed by atoms with Gasteiger partial charge in [-0.1, -0.05) is 20.8 Å². The second kappa shape index (κ2) is 5.90. The highest BCUT2D eigenvalue weighted by Gasteiger charge is 2.29. The fraction of sp³-hybridized carbons (Fsp3) is 0.600. The summed E-state index contributed by atoms with van der Waals surface area (Å²) in [4.78, 5) is 42.2. The van der Waals surface area contributed by atoms with Crippen molar-refractivity contribution in [2.24, 2.45) is 5.41 Å². The maximum Gasteiger partial charge on any atom is 0.310 e. The van der Waals surface area contributed by atoms with E-state index in [-0.39, 0.29) is 17.5 Å². The summed E-state index contributed by atoms with van der Waals surface area (Å²) in [6.45, 7) is 10.2. The fourth-order valence-corrected chi connectivity index (χ4v) is 1.67. The molecule has 7 nitrogen and oxygen atoms in total. The van der Waals surface area contributed by atoms with Gasteiger partial charge in [0.05, 0.1) is 11.1 Å². The van der Waals surface area contributed by atoms with Crippen LogP contribution in [0.1, 0.15) is 56.5 Å². The van der Waals surface area contributed by atoms with Crippen molar-refractivity contribution in [2.45, 2.75) is 47.0 Å². The van der Waals surface area contributed by atoms with Crippen LogP contribution >= 0.6 is 0 Å². The predicted octanol–water partition coefficient (Wildman–Crippen LogP) is 1.22. The highest BCUT2D eigenvalue weighted by atomic mass is 16.4. The van der Waals surface area contributed by atoms with E-state index in [1.807, 2.05) is 20.8 Å². The predicted molar refractivity (Wildman–Crippen MR) is 82.0 cm³/mol. The average Bonchev–Trinajstić information content (AvgIpc) is 2.34. The Hall–Kier alpha value is -2.18. The molecule has 0 saturated heterocycles. The summed E-state index contributed by atoms with van der Waals surface area (Å²) in [6.07, 6.45) is 0. The average molecular weight is 309 g/mol. The Morgan fingerprint density at radius 1 is 1.23 bits per heavy atom. The number of carbonyl (C=O) groups is 2. The van der Waals surface area contributed by atoms with Crippen molar-refractivity contribution in [3.63, 3.8) is 0 Å². The Balaban J connectivity index is 3.06. The van der Waals surface area contributed by atoms with Gasteiger partial charge < -0.3 is 15.4 Å². The maximum atomic E-state index is 12.2. The van der Waals surface area contributed by atoms with Crippen molar-refractivity contribution in [2.75, 3.05) is 6.54 Å². The van der Waals surface area contributed by atoms with E-state index >= 15 is 0 Å². The fourth-order valence-electron chi connectivity index (χ4n) is 1.67. The van der Waals surface area contributed by atoms with Gasteiger partial charge in [0.2, 0.25) is 0 Å². The van der Waals surface area contributed by atoms with Crippen LogP contribution < -0.4 is 10.9 Å². The molecule has 1 rings (SSSR count). The Morgan fingerprint density at radius 2 is 1.77 bits per heavy atom. The molecule has 0 fully saturated rings. The monoisotopic (exact) mass is 309 g/mol. The van der Waals surface area contributed by atoms with E-state index in [1.165, 1.54) is 13.8 Å². The standard InChI is InChI=1S/C15H23N3O4/c1-8-9(10(19)16-7-15(5,6)13(21)22)11(20)18-12(17-8)14(2,3)4/h7H2,1-6H3,(H,16,19)(H,21,22)(H,17,18,20). The molecule has 1 aromatic rings. The number of nitrogens with one attached hydrogen (secondary N) is 2. The molecule has 1 heterocycles. The van der Waals surface area contributed by atoms with Crippen molar-refractivity contribution in [3.8, 4) is 0 Å². The van der Waals surface area contributed by atoms with Crippen LogP contribution in [0.5, 0.6) is 0 Å². The van der Waals surface area contributed by atoms with E-state index in [0.717, 1.165) is 0 Å². The molecule has 1 aromatic heterocycles. The molecule has 3 N–H and O–H groups in total. The SMILES string of the molecule is Cc1nc(C(C)(C)C)[nH]c(=O)c1C(=O)NCC(C)(C)C(=O)O. The van der Waals surface area contributed by atoms with Gasteiger partial charge in [0.1, 0.15) is 11.4 Å². The molecule has 1 amide bonds. The van der Waals surface area contributed by atoms with Crippen LogP contribution in [0.25, 0.3) is 0 Å². The molecule has 0 atom stereocenters. The van der Waals surface area contributed by atoms with Crippen molar-refractivity contribution in [3.05, 3.63) is 27.4 Å². The first-order chi connectivity index (χ1) is 9.86. The zero-order chi connectivity index (χ0) is 17.3.